The number of unbranched alkanes of at least 4 members (excludes halogenated alkanes) is 23. The Kier molecular flexibility index (Phi) is 45.3. The fourth-order valence-electron chi connectivity index (χ4n) is 8.70. The Morgan fingerprint density at radius 3 is 1.22 bits per heavy atom. The highest BCUT2D eigenvalue weighted by atomic mass is 16.2. The highest BCUT2D eigenvalue weighted by molar-refractivity contribution is 5.85. The van der Waals surface area contributed by atoms with Gasteiger partial charge in [-0.25, -0.2) is 0 Å². The topological polar surface area (TPSA) is 254 Å². The van der Waals surface area contributed by atoms with Crippen LogP contribution in [-0.4, -0.2) is 129 Å². The van der Waals surface area contributed by atoms with E-state index in [0.29, 0.717) is 19.6 Å². The van der Waals surface area contributed by atoms with Crippen molar-refractivity contribution in [1.29, 1.82) is 16.2 Å². The summed E-state index contributed by atoms with van der Waals surface area (Å²) in [6, 6.07) is 0. The summed E-state index contributed by atoms with van der Waals surface area (Å²) in [6.07, 6.45) is 36.3. The lowest BCUT2D eigenvalue weighted by Gasteiger charge is -2.32. The Morgan fingerprint density at radius 1 is 0.433 bits per heavy atom. The van der Waals surface area contributed by atoms with Crippen LogP contribution in [0.5, 0.6) is 0 Å². The summed E-state index contributed by atoms with van der Waals surface area (Å²) in [5.74, 6) is -0.225. The molecule has 0 spiro atoms. The normalized spacial score (nSPS) is 11.8. The Bertz CT molecular complexity index is 1140. The van der Waals surface area contributed by atoms with Gasteiger partial charge in [-0.05, 0) is 77.5 Å². The molecule has 0 saturated heterocycles. The van der Waals surface area contributed by atoms with E-state index in [1.807, 2.05) is 4.90 Å². The zero-order valence-electron chi connectivity index (χ0n) is 43.7. The molecule has 16 nitrogen and oxygen atoms in total. The fourth-order valence-corrected chi connectivity index (χ4v) is 8.70. The van der Waals surface area contributed by atoms with Gasteiger partial charge in [0, 0.05) is 39.3 Å². The molecule has 0 aliphatic heterocycles. The van der Waals surface area contributed by atoms with Crippen LogP contribution in [0.15, 0.2) is 0 Å². The third-order valence-corrected chi connectivity index (χ3v) is 12.7. The van der Waals surface area contributed by atoms with Gasteiger partial charge >= 0.3 is 0 Å². The van der Waals surface area contributed by atoms with E-state index in [9.17, 15) is 9.59 Å². The molecule has 0 heterocycles. The largest absolute Gasteiger partial charge is 0.370 e. The predicted octanol–water partition coefficient (Wildman–Crippen LogP) is 7.66. The third kappa shape index (κ3) is 43.6. The summed E-state index contributed by atoms with van der Waals surface area (Å²) in [6.45, 7) is 14.6. The van der Waals surface area contributed by atoms with Crippen LogP contribution >= 0.6 is 0 Å². The summed E-state index contributed by atoms with van der Waals surface area (Å²) in [4.78, 5) is 33.1. The Balaban J connectivity index is 4.89. The minimum atomic E-state index is -0.163. The first kappa shape index (κ1) is 63.6. The number of carbonyl (C=O) groups excluding carboxylic acids is 2. The van der Waals surface area contributed by atoms with Crippen molar-refractivity contribution in [2.24, 2.45) is 17.2 Å². The number of nitrogens with zero attached hydrogens (tertiary/aromatic N) is 3. The Morgan fingerprint density at radius 2 is 0.806 bits per heavy atom. The number of guanidine groups is 3. The van der Waals surface area contributed by atoms with E-state index in [0.717, 1.165) is 110 Å². The molecule has 0 rings (SSSR count). The lowest BCUT2D eigenvalue weighted by molar-refractivity contribution is -0.132. The van der Waals surface area contributed by atoms with E-state index in [1.165, 1.54) is 128 Å². The highest BCUT2D eigenvalue weighted by Crippen LogP contribution is 2.15. The molecule has 67 heavy (non-hydrogen) atoms. The molecular formula is C51H108N14O2. The Labute approximate surface area is 410 Å². The van der Waals surface area contributed by atoms with Crippen molar-refractivity contribution in [2.75, 3.05) is 78.5 Å². The van der Waals surface area contributed by atoms with Crippen molar-refractivity contribution < 1.29 is 9.59 Å². The summed E-state index contributed by atoms with van der Waals surface area (Å²) >= 11 is 0. The van der Waals surface area contributed by atoms with Crippen LogP contribution in [0.25, 0.3) is 0 Å². The molecule has 14 N–H and O–H groups in total. The number of amides is 2. The lowest BCUT2D eigenvalue weighted by Crippen LogP contribution is -2.51. The second kappa shape index (κ2) is 47.7. The van der Waals surface area contributed by atoms with Crippen molar-refractivity contribution in [2.45, 2.75) is 220 Å². The van der Waals surface area contributed by atoms with Gasteiger partial charge < -0.3 is 53.6 Å². The SMILES string of the molecule is CCCCCCCCCCCCCCN(CCCCCCCCCCCCCC)C(=O)CNC(=O)CNCCCN(CCCCN(CCCNC(=N)N)CCCNC(=N)N)C(CC)NC(=N)N. The summed E-state index contributed by atoms with van der Waals surface area (Å²) < 4.78 is 0. The predicted molar refractivity (Wildman–Crippen MR) is 285 cm³/mol. The van der Waals surface area contributed by atoms with Crippen LogP contribution in [0.3, 0.4) is 0 Å². The third-order valence-electron chi connectivity index (χ3n) is 12.7. The molecule has 0 aliphatic rings. The molecule has 0 saturated carbocycles. The molecule has 394 valence electrons. The maximum absolute atomic E-state index is 13.5. The van der Waals surface area contributed by atoms with Gasteiger partial charge in [0.2, 0.25) is 11.8 Å². The van der Waals surface area contributed by atoms with Gasteiger partial charge in [-0.2, -0.15) is 0 Å². The number of rotatable bonds is 50. The van der Waals surface area contributed by atoms with Crippen molar-refractivity contribution in [3.8, 4) is 0 Å². The van der Waals surface area contributed by atoms with Crippen molar-refractivity contribution in [3.05, 3.63) is 0 Å². The number of hydrogen-bond donors (Lipinski definition) is 11. The first-order chi connectivity index (χ1) is 32.5. The van der Waals surface area contributed by atoms with Crippen molar-refractivity contribution in [3.63, 3.8) is 0 Å². The first-order valence-electron chi connectivity index (χ1n) is 27.5. The quantitative estimate of drug-likeness (QED) is 0.0122. The monoisotopic (exact) mass is 949 g/mol. The van der Waals surface area contributed by atoms with Crippen LogP contribution in [0, 0.1) is 16.2 Å². The highest BCUT2D eigenvalue weighted by Gasteiger charge is 2.18. The molecule has 1 atom stereocenters. The average Bonchev–Trinajstić information content (AvgIpc) is 3.30. The van der Waals surface area contributed by atoms with Crippen LogP contribution in [0.4, 0.5) is 0 Å². The second-order valence-electron chi connectivity index (χ2n) is 18.9. The van der Waals surface area contributed by atoms with Gasteiger partial charge in [0.1, 0.15) is 0 Å². The molecule has 0 aromatic heterocycles. The van der Waals surface area contributed by atoms with E-state index < -0.39 is 0 Å². The molecule has 0 aliphatic carbocycles. The smallest absolute Gasteiger partial charge is 0.241 e. The van der Waals surface area contributed by atoms with Gasteiger partial charge in [-0.1, -0.05) is 162 Å². The number of nitrogens with two attached hydrogens (primary N) is 3. The van der Waals surface area contributed by atoms with Crippen LogP contribution in [0.1, 0.15) is 213 Å². The minimum Gasteiger partial charge on any atom is -0.370 e. The molecule has 0 aromatic carbocycles. The zero-order valence-corrected chi connectivity index (χ0v) is 43.7. The summed E-state index contributed by atoms with van der Waals surface area (Å²) in [5, 5.41) is 37.8. The van der Waals surface area contributed by atoms with Crippen LogP contribution in [0.2, 0.25) is 0 Å². The van der Waals surface area contributed by atoms with Crippen LogP contribution < -0.4 is 43.8 Å². The fraction of sp³-hybridized carbons (Fsp3) is 0.902. The van der Waals surface area contributed by atoms with Gasteiger partial charge in [-0.15, -0.1) is 0 Å². The molecule has 1 unspecified atom stereocenters. The molecule has 2 amide bonds. The molecule has 16 heteroatoms. The van der Waals surface area contributed by atoms with Crippen molar-refractivity contribution in [1.82, 2.24) is 41.3 Å². The van der Waals surface area contributed by atoms with E-state index in [1.54, 1.807) is 0 Å². The number of carbonyl (C=O) groups is 2. The van der Waals surface area contributed by atoms with Gasteiger partial charge in [0.05, 0.1) is 19.3 Å². The van der Waals surface area contributed by atoms with E-state index in [4.69, 9.17) is 33.4 Å². The molecule has 0 aromatic rings. The summed E-state index contributed by atoms with van der Waals surface area (Å²) in [7, 11) is 0. The molecular weight excluding hydrogens is 841 g/mol. The van der Waals surface area contributed by atoms with E-state index in [2.05, 4.69) is 57.2 Å². The number of nitrogens with one attached hydrogen (secondary N) is 8. The van der Waals surface area contributed by atoms with Gasteiger partial charge in [-0.3, -0.25) is 30.7 Å². The van der Waals surface area contributed by atoms with Gasteiger partial charge in [0.25, 0.3) is 0 Å². The maximum atomic E-state index is 13.5. The zero-order chi connectivity index (χ0) is 49.4. The Hall–Kier alpha value is -3.37. The van der Waals surface area contributed by atoms with E-state index in [-0.39, 0.29) is 48.9 Å². The summed E-state index contributed by atoms with van der Waals surface area (Å²) in [5.41, 5.74) is 16.7. The van der Waals surface area contributed by atoms with Crippen LogP contribution in [-0.2, 0) is 9.59 Å². The maximum Gasteiger partial charge on any atom is 0.241 e. The number of hydrogen-bond acceptors (Lipinski definition) is 8. The minimum absolute atomic E-state index is 0.0193. The second-order valence-corrected chi connectivity index (χ2v) is 18.9. The lowest BCUT2D eigenvalue weighted by atomic mass is 10.0. The van der Waals surface area contributed by atoms with E-state index >= 15 is 0 Å². The average molecular weight is 950 g/mol. The van der Waals surface area contributed by atoms with Gasteiger partial charge in [0.15, 0.2) is 17.9 Å². The first-order valence-corrected chi connectivity index (χ1v) is 27.5. The molecule has 0 fully saturated rings. The molecule has 0 radical (unpaired) electrons. The molecule has 0 bridgehead atoms. The van der Waals surface area contributed by atoms with Crippen molar-refractivity contribution >= 4 is 29.7 Å². The standard InChI is InChI=1S/C51H108N14O2/c1-4-7-9-11-13-15-17-19-21-23-25-27-41-65(42-28-26-24-22-20-18-16-14-12-10-8-5-2)48(67)45-61-47(66)44-58-34-31-43-64(46(6-3)62-51(56)57)40-30-29-37-63(38-32-35-59-49(52)53)39-33-36-60-50(54)55/h46,58H,4-45H2,1-3H3,(H,61,66)(H4,52,53,59)(H4,54,55,60)(H4,56,57,62).